The number of hydrogen-bond donors (Lipinski definition) is 1. The van der Waals surface area contributed by atoms with Crippen LogP contribution in [0.4, 0.5) is 5.82 Å². The van der Waals surface area contributed by atoms with Crippen molar-refractivity contribution in [1.82, 2.24) is 15.3 Å². The van der Waals surface area contributed by atoms with Crippen molar-refractivity contribution in [3.8, 4) is 11.3 Å². The number of rotatable bonds is 5. The van der Waals surface area contributed by atoms with Crippen molar-refractivity contribution >= 4 is 22.6 Å². The smallest absolute Gasteiger partial charge is 0.287 e. The normalized spacial score (nSPS) is 16.6. The van der Waals surface area contributed by atoms with Gasteiger partial charge in [-0.05, 0) is 50.1 Å². The van der Waals surface area contributed by atoms with Crippen molar-refractivity contribution in [2.24, 2.45) is 0 Å². The van der Waals surface area contributed by atoms with Crippen molar-refractivity contribution in [1.29, 1.82) is 0 Å². The van der Waals surface area contributed by atoms with E-state index in [9.17, 15) is 4.79 Å². The number of furan rings is 1. The average Bonchev–Trinajstić information content (AvgIpc) is 3.39. The SMILES string of the molecule is CCNC(=O)c1ccc(-c2ccc3ncnc(N(C)C4CCCO4)c3c2)o1. The molecule has 1 saturated heterocycles. The molecule has 3 aromatic rings. The Bertz CT molecular complexity index is 963. The Morgan fingerprint density at radius 2 is 2.19 bits per heavy atom. The predicted octanol–water partition coefficient (Wildman–Crippen LogP) is 3.21. The van der Waals surface area contributed by atoms with Crippen LogP contribution in [-0.4, -0.2) is 42.3 Å². The van der Waals surface area contributed by atoms with E-state index in [1.807, 2.05) is 32.2 Å². The van der Waals surface area contributed by atoms with Crippen LogP contribution >= 0.6 is 0 Å². The van der Waals surface area contributed by atoms with Crippen LogP contribution in [0.2, 0.25) is 0 Å². The Kier molecular flexibility index (Phi) is 4.77. The highest BCUT2D eigenvalue weighted by atomic mass is 16.5. The maximum Gasteiger partial charge on any atom is 0.287 e. The second-order valence-electron chi connectivity index (χ2n) is 6.53. The Hall–Kier alpha value is -2.93. The van der Waals surface area contributed by atoms with Crippen LogP contribution in [0.15, 0.2) is 41.1 Å². The van der Waals surface area contributed by atoms with Crippen LogP contribution in [0, 0.1) is 0 Å². The summed E-state index contributed by atoms with van der Waals surface area (Å²) in [4.78, 5) is 22.9. The Labute approximate surface area is 157 Å². The molecule has 2 aromatic heterocycles. The fourth-order valence-corrected chi connectivity index (χ4v) is 3.34. The lowest BCUT2D eigenvalue weighted by Crippen LogP contribution is -2.31. The molecular formula is C20H22N4O3. The van der Waals surface area contributed by atoms with Crippen LogP contribution in [0.1, 0.15) is 30.3 Å². The molecule has 7 nitrogen and oxygen atoms in total. The maximum atomic E-state index is 11.9. The maximum absolute atomic E-state index is 11.9. The zero-order valence-electron chi connectivity index (χ0n) is 15.4. The molecule has 1 N–H and O–H groups in total. The summed E-state index contributed by atoms with van der Waals surface area (Å²) < 4.78 is 11.5. The largest absolute Gasteiger partial charge is 0.451 e. The molecule has 4 rings (SSSR count). The summed E-state index contributed by atoms with van der Waals surface area (Å²) in [6.07, 6.45) is 3.64. The highest BCUT2D eigenvalue weighted by Crippen LogP contribution is 2.31. The second kappa shape index (κ2) is 7.36. The van der Waals surface area contributed by atoms with Crippen molar-refractivity contribution < 1.29 is 13.9 Å². The minimum atomic E-state index is -0.216. The molecule has 0 bridgehead atoms. The molecule has 0 saturated carbocycles. The third-order valence-corrected chi connectivity index (χ3v) is 4.74. The number of benzene rings is 1. The van der Waals surface area contributed by atoms with Gasteiger partial charge in [0.05, 0.1) is 5.52 Å². The molecule has 1 fully saturated rings. The number of ether oxygens (including phenoxy) is 1. The summed E-state index contributed by atoms with van der Waals surface area (Å²) in [5.41, 5.74) is 1.72. The van der Waals surface area contributed by atoms with Gasteiger partial charge in [-0.25, -0.2) is 9.97 Å². The van der Waals surface area contributed by atoms with Gasteiger partial charge in [0.25, 0.3) is 5.91 Å². The van der Waals surface area contributed by atoms with Crippen LogP contribution in [0.3, 0.4) is 0 Å². The van der Waals surface area contributed by atoms with E-state index in [1.54, 1.807) is 18.5 Å². The van der Waals surface area contributed by atoms with Gasteiger partial charge >= 0.3 is 0 Å². The molecule has 1 aromatic carbocycles. The van der Waals surface area contributed by atoms with Gasteiger partial charge in [0.2, 0.25) is 0 Å². The third kappa shape index (κ3) is 3.38. The first kappa shape index (κ1) is 17.5. The number of nitrogens with one attached hydrogen (secondary N) is 1. The number of carbonyl (C=O) groups is 1. The van der Waals surface area contributed by atoms with Crippen molar-refractivity contribution in [3.05, 3.63) is 42.4 Å². The first-order valence-corrected chi connectivity index (χ1v) is 9.15. The molecule has 1 atom stereocenters. The van der Waals surface area contributed by atoms with E-state index >= 15 is 0 Å². The lowest BCUT2D eigenvalue weighted by molar-refractivity contribution is 0.0929. The van der Waals surface area contributed by atoms with Gasteiger partial charge in [-0.2, -0.15) is 0 Å². The lowest BCUT2D eigenvalue weighted by atomic mass is 10.1. The van der Waals surface area contributed by atoms with Gasteiger partial charge in [0.1, 0.15) is 24.1 Å². The summed E-state index contributed by atoms with van der Waals surface area (Å²) in [5.74, 6) is 1.54. The molecule has 0 radical (unpaired) electrons. The average molecular weight is 366 g/mol. The minimum absolute atomic E-state index is 0.0275. The molecule has 0 spiro atoms. The van der Waals surface area contributed by atoms with Crippen LogP contribution in [-0.2, 0) is 4.74 Å². The zero-order valence-corrected chi connectivity index (χ0v) is 15.4. The fourth-order valence-electron chi connectivity index (χ4n) is 3.34. The molecule has 0 aliphatic carbocycles. The summed E-state index contributed by atoms with van der Waals surface area (Å²) >= 11 is 0. The first-order chi connectivity index (χ1) is 13.2. The Morgan fingerprint density at radius 1 is 1.30 bits per heavy atom. The highest BCUT2D eigenvalue weighted by molar-refractivity contribution is 5.94. The molecular weight excluding hydrogens is 344 g/mol. The van der Waals surface area contributed by atoms with Crippen LogP contribution in [0.25, 0.3) is 22.2 Å². The van der Waals surface area contributed by atoms with Crippen LogP contribution in [0.5, 0.6) is 0 Å². The van der Waals surface area contributed by atoms with Gasteiger partial charge < -0.3 is 19.4 Å². The standard InChI is InChI=1S/C20H22N4O3/c1-3-21-20(25)17-9-8-16(27-17)13-6-7-15-14(11-13)19(23-12-22-15)24(2)18-5-4-10-26-18/h6-9,11-12,18H,3-5,10H2,1-2H3,(H,21,25). The van der Waals surface area contributed by atoms with E-state index in [-0.39, 0.29) is 12.1 Å². The molecule has 1 aliphatic rings. The first-order valence-electron chi connectivity index (χ1n) is 9.15. The van der Waals surface area contributed by atoms with Gasteiger partial charge in [0.15, 0.2) is 5.76 Å². The number of amides is 1. The van der Waals surface area contributed by atoms with Crippen LogP contribution < -0.4 is 10.2 Å². The van der Waals surface area contributed by atoms with Gasteiger partial charge in [0, 0.05) is 31.1 Å². The molecule has 7 heteroatoms. The van der Waals surface area contributed by atoms with Gasteiger partial charge in [-0.3, -0.25) is 4.79 Å². The number of nitrogens with zero attached hydrogens (tertiary/aromatic N) is 3. The number of fused-ring (bicyclic) bond motifs is 1. The predicted molar refractivity (Wildman–Crippen MR) is 103 cm³/mol. The molecule has 1 unspecified atom stereocenters. The van der Waals surface area contributed by atoms with E-state index in [0.717, 1.165) is 41.7 Å². The lowest BCUT2D eigenvalue weighted by Gasteiger charge is -2.25. The Balaban J connectivity index is 1.71. The quantitative estimate of drug-likeness (QED) is 0.747. The molecule has 1 amide bonds. The molecule has 3 heterocycles. The topological polar surface area (TPSA) is 80.5 Å². The van der Waals surface area contributed by atoms with Gasteiger partial charge in [-0.1, -0.05) is 0 Å². The number of hydrogen-bond acceptors (Lipinski definition) is 6. The third-order valence-electron chi connectivity index (χ3n) is 4.74. The van der Waals surface area contributed by atoms with Crippen molar-refractivity contribution in [3.63, 3.8) is 0 Å². The number of aromatic nitrogens is 2. The summed E-state index contributed by atoms with van der Waals surface area (Å²) in [6.45, 7) is 3.20. The number of anilines is 1. The molecule has 1 aliphatic heterocycles. The number of carbonyl (C=O) groups excluding carboxylic acids is 1. The highest BCUT2D eigenvalue weighted by Gasteiger charge is 2.23. The van der Waals surface area contributed by atoms with E-state index in [2.05, 4.69) is 20.2 Å². The van der Waals surface area contributed by atoms with E-state index in [0.29, 0.717) is 18.1 Å². The molecule has 140 valence electrons. The van der Waals surface area contributed by atoms with Gasteiger partial charge in [-0.15, -0.1) is 0 Å². The van der Waals surface area contributed by atoms with E-state index < -0.39 is 0 Å². The summed E-state index contributed by atoms with van der Waals surface area (Å²) in [6, 6.07) is 9.36. The molecule has 27 heavy (non-hydrogen) atoms. The zero-order chi connectivity index (χ0) is 18.8. The summed E-state index contributed by atoms with van der Waals surface area (Å²) in [5, 5.41) is 3.66. The van der Waals surface area contributed by atoms with E-state index in [4.69, 9.17) is 9.15 Å². The fraction of sp³-hybridized carbons (Fsp3) is 0.350. The van der Waals surface area contributed by atoms with Crippen molar-refractivity contribution in [2.75, 3.05) is 25.1 Å². The Morgan fingerprint density at radius 3 is 2.96 bits per heavy atom. The van der Waals surface area contributed by atoms with E-state index in [1.165, 1.54) is 0 Å². The minimum Gasteiger partial charge on any atom is -0.451 e. The monoisotopic (exact) mass is 366 g/mol. The summed E-state index contributed by atoms with van der Waals surface area (Å²) in [7, 11) is 1.99. The second-order valence-corrected chi connectivity index (χ2v) is 6.53. The van der Waals surface area contributed by atoms with Crippen molar-refractivity contribution in [2.45, 2.75) is 26.0 Å².